The Morgan fingerprint density at radius 3 is 2.19 bits per heavy atom. The highest BCUT2D eigenvalue weighted by atomic mass is 35.5. The van der Waals surface area contributed by atoms with Gasteiger partial charge in [0.2, 0.25) is 5.91 Å². The van der Waals surface area contributed by atoms with Crippen molar-refractivity contribution in [1.82, 2.24) is 0 Å². The van der Waals surface area contributed by atoms with Crippen LogP contribution in [0.1, 0.15) is 38.5 Å². The molecule has 5 rings (SSSR count). The van der Waals surface area contributed by atoms with Crippen LogP contribution < -0.4 is 16.0 Å². The summed E-state index contributed by atoms with van der Waals surface area (Å²) in [6.45, 7) is 2.46. The first-order valence-electron chi connectivity index (χ1n) is 13.1. The van der Waals surface area contributed by atoms with E-state index in [2.05, 4.69) is 22.0 Å². The summed E-state index contributed by atoms with van der Waals surface area (Å²) in [7, 11) is 0. The van der Waals surface area contributed by atoms with Crippen molar-refractivity contribution in [3.8, 4) is 6.07 Å². The van der Waals surface area contributed by atoms with E-state index in [-0.39, 0.29) is 10.6 Å². The highest BCUT2D eigenvalue weighted by Crippen LogP contribution is 2.65. The van der Waals surface area contributed by atoms with Crippen molar-refractivity contribution < 1.29 is 9.59 Å². The van der Waals surface area contributed by atoms with Gasteiger partial charge in [0.25, 0.3) is 5.91 Å². The van der Waals surface area contributed by atoms with E-state index >= 15 is 0 Å². The summed E-state index contributed by atoms with van der Waals surface area (Å²) in [5.41, 5.74) is 5.15. The van der Waals surface area contributed by atoms with Gasteiger partial charge in [0.05, 0.1) is 28.1 Å². The smallest absolute Gasteiger partial charge is 0.257 e. The van der Waals surface area contributed by atoms with Crippen LogP contribution in [0.2, 0.25) is 15.1 Å². The molecule has 0 aliphatic heterocycles. The summed E-state index contributed by atoms with van der Waals surface area (Å²) in [6, 6.07) is 24.6. The van der Waals surface area contributed by atoms with Crippen LogP contribution in [-0.2, 0) is 11.3 Å². The molecule has 1 aliphatic carbocycles. The van der Waals surface area contributed by atoms with Crippen molar-refractivity contribution in [1.29, 1.82) is 5.26 Å². The number of rotatable bonds is 8. The number of benzene rings is 4. The van der Waals surface area contributed by atoms with Crippen LogP contribution >= 0.6 is 58.0 Å². The Kier molecular flexibility index (Phi) is 9.12. The maximum atomic E-state index is 13.2. The number of nitriles is 1. The Balaban J connectivity index is 1.24. The Hall–Kier alpha value is -3.44. The average Bonchev–Trinajstić information content (AvgIpc) is 3.55. The Bertz CT molecular complexity index is 1750. The van der Waals surface area contributed by atoms with E-state index in [9.17, 15) is 9.59 Å². The zero-order valence-electron chi connectivity index (χ0n) is 22.5. The van der Waals surface area contributed by atoms with Gasteiger partial charge in [-0.25, -0.2) is 0 Å². The van der Waals surface area contributed by atoms with E-state index in [1.807, 2.05) is 31.2 Å². The number of carbonyl (C=O) groups is 2. The van der Waals surface area contributed by atoms with Crippen molar-refractivity contribution in [2.75, 3.05) is 16.0 Å². The Morgan fingerprint density at radius 2 is 1.53 bits per heavy atom. The highest BCUT2D eigenvalue weighted by Gasteiger charge is 2.67. The van der Waals surface area contributed by atoms with Crippen molar-refractivity contribution in [3.63, 3.8) is 0 Å². The molecule has 2 atom stereocenters. The molecule has 0 unspecified atom stereocenters. The molecular formula is C32H23Cl5N4O2. The maximum Gasteiger partial charge on any atom is 0.257 e. The minimum absolute atomic E-state index is 0.180. The number of hydrogen-bond acceptors (Lipinski definition) is 4. The molecule has 2 amide bonds. The fourth-order valence-corrected chi connectivity index (χ4v) is 6.40. The topological polar surface area (TPSA) is 94.0 Å². The second-order valence-corrected chi connectivity index (χ2v) is 12.9. The number of nitrogens with one attached hydrogen (secondary N) is 3. The second-order valence-electron chi connectivity index (χ2n) is 10.2. The fourth-order valence-electron chi connectivity index (χ4n) is 4.82. The van der Waals surface area contributed by atoms with Gasteiger partial charge in [-0.2, -0.15) is 5.26 Å². The SMILES string of the molecule is Cc1cc(NCc2ccc(C#N)cc2)ccc1NC(=O)c1cc(NC(=O)[C@H]2[C@H](c3cc(Cl)cc(Cl)c3)C2(Cl)Cl)ccc1Cl. The summed E-state index contributed by atoms with van der Waals surface area (Å²) >= 11 is 31.6. The number of halogens is 5. The van der Waals surface area contributed by atoms with E-state index in [1.54, 1.807) is 42.5 Å². The van der Waals surface area contributed by atoms with Gasteiger partial charge in [-0.3, -0.25) is 9.59 Å². The van der Waals surface area contributed by atoms with Crippen LogP contribution in [0.25, 0.3) is 0 Å². The highest BCUT2D eigenvalue weighted by molar-refractivity contribution is 6.53. The molecule has 1 aliphatic rings. The molecule has 0 spiro atoms. The minimum Gasteiger partial charge on any atom is -0.381 e. The molecule has 0 radical (unpaired) electrons. The van der Waals surface area contributed by atoms with E-state index in [0.29, 0.717) is 39.1 Å². The molecule has 0 aromatic heterocycles. The normalized spacial score (nSPS) is 16.6. The van der Waals surface area contributed by atoms with E-state index < -0.39 is 28.0 Å². The van der Waals surface area contributed by atoms with Gasteiger partial charge in [-0.05, 0) is 90.3 Å². The molecule has 218 valence electrons. The quantitative estimate of drug-likeness (QED) is 0.163. The molecule has 4 aromatic carbocycles. The number of aryl methyl sites for hydroxylation is 1. The predicted octanol–water partition coefficient (Wildman–Crippen LogP) is 9.22. The number of alkyl halides is 2. The zero-order valence-corrected chi connectivity index (χ0v) is 26.3. The van der Waals surface area contributed by atoms with Gasteiger partial charge >= 0.3 is 0 Å². The minimum atomic E-state index is -1.34. The lowest BCUT2D eigenvalue weighted by Crippen LogP contribution is -2.18. The maximum absolute atomic E-state index is 13.2. The van der Waals surface area contributed by atoms with Crippen LogP contribution in [0.4, 0.5) is 17.1 Å². The lowest BCUT2D eigenvalue weighted by Gasteiger charge is -2.13. The lowest BCUT2D eigenvalue weighted by atomic mass is 10.1. The van der Waals surface area contributed by atoms with Crippen LogP contribution in [0.5, 0.6) is 0 Å². The third-order valence-corrected chi connectivity index (χ3v) is 8.82. The monoisotopic (exact) mass is 670 g/mol. The third kappa shape index (κ3) is 7.04. The van der Waals surface area contributed by atoms with Crippen LogP contribution in [0, 0.1) is 24.2 Å². The van der Waals surface area contributed by atoms with Crippen molar-refractivity contribution in [2.24, 2.45) is 5.92 Å². The molecule has 43 heavy (non-hydrogen) atoms. The number of anilines is 3. The van der Waals surface area contributed by atoms with E-state index in [1.165, 1.54) is 12.1 Å². The first-order valence-corrected chi connectivity index (χ1v) is 14.9. The van der Waals surface area contributed by atoms with Gasteiger partial charge in [-0.1, -0.05) is 46.9 Å². The second kappa shape index (κ2) is 12.7. The first kappa shape index (κ1) is 31.0. The summed E-state index contributed by atoms with van der Waals surface area (Å²) in [5, 5.41) is 19.0. The molecule has 3 N–H and O–H groups in total. The lowest BCUT2D eigenvalue weighted by molar-refractivity contribution is -0.117. The molecule has 0 heterocycles. The number of hydrogen-bond donors (Lipinski definition) is 3. The molecule has 1 fully saturated rings. The van der Waals surface area contributed by atoms with Crippen LogP contribution in [0.15, 0.2) is 78.9 Å². The molecule has 1 saturated carbocycles. The molecular weight excluding hydrogens is 650 g/mol. The summed E-state index contributed by atoms with van der Waals surface area (Å²) in [4.78, 5) is 26.4. The van der Waals surface area contributed by atoms with Gasteiger partial charge in [-0.15, -0.1) is 23.2 Å². The Morgan fingerprint density at radius 1 is 0.860 bits per heavy atom. The summed E-state index contributed by atoms with van der Waals surface area (Å²) in [5.74, 6) is -2.12. The molecule has 0 bridgehead atoms. The standard InChI is InChI=1S/C32H23Cl5N4O2/c1-17-10-23(39-16-19-4-2-18(15-38)3-5-19)7-9-27(17)41-30(42)25-14-24(6-8-26(25)35)40-31(43)29-28(32(29,36)37)20-11-21(33)13-22(34)12-20/h2-14,28-29,39H,16H2,1H3,(H,40,43)(H,41,42)/t28-,29+/m0/s1. The van der Waals surface area contributed by atoms with Gasteiger partial charge in [0.1, 0.15) is 4.33 Å². The van der Waals surface area contributed by atoms with Gasteiger partial charge < -0.3 is 16.0 Å². The largest absolute Gasteiger partial charge is 0.381 e. The van der Waals surface area contributed by atoms with Crippen LogP contribution in [-0.4, -0.2) is 16.1 Å². The van der Waals surface area contributed by atoms with Gasteiger partial charge in [0, 0.05) is 39.6 Å². The fraction of sp³-hybridized carbons (Fsp3) is 0.156. The summed E-state index contributed by atoms with van der Waals surface area (Å²) in [6.07, 6.45) is 0. The Labute approximate surface area is 273 Å². The zero-order chi connectivity index (χ0) is 30.9. The average molecular weight is 673 g/mol. The molecule has 4 aromatic rings. The molecule has 11 heteroatoms. The van der Waals surface area contributed by atoms with Crippen molar-refractivity contribution in [2.45, 2.75) is 23.7 Å². The predicted molar refractivity (Wildman–Crippen MR) is 175 cm³/mol. The first-order chi connectivity index (χ1) is 20.5. The summed E-state index contributed by atoms with van der Waals surface area (Å²) < 4.78 is -1.34. The molecule has 6 nitrogen and oxygen atoms in total. The van der Waals surface area contributed by atoms with E-state index in [4.69, 9.17) is 63.3 Å². The van der Waals surface area contributed by atoms with E-state index in [0.717, 1.165) is 16.8 Å². The van der Waals surface area contributed by atoms with Crippen molar-refractivity contribution >= 4 is 86.9 Å². The van der Waals surface area contributed by atoms with Crippen molar-refractivity contribution in [3.05, 3.63) is 122 Å². The number of carbonyl (C=O) groups excluding carboxylic acids is 2. The van der Waals surface area contributed by atoms with Crippen LogP contribution in [0.3, 0.4) is 0 Å². The number of amides is 2. The third-order valence-electron chi connectivity index (χ3n) is 7.11. The number of nitrogens with zero attached hydrogens (tertiary/aromatic N) is 1. The molecule has 0 saturated heterocycles. The van der Waals surface area contributed by atoms with Gasteiger partial charge in [0.15, 0.2) is 0 Å².